The van der Waals surface area contributed by atoms with E-state index in [1.807, 2.05) is 51.1 Å². The van der Waals surface area contributed by atoms with Gasteiger partial charge < -0.3 is 5.32 Å². The lowest BCUT2D eigenvalue weighted by atomic mass is 10.0. The van der Waals surface area contributed by atoms with Crippen LogP contribution in [0.25, 0.3) is 0 Å². The fourth-order valence-corrected chi connectivity index (χ4v) is 4.33. The molecule has 2 aromatic rings. The number of carbonyl (C=O) groups excluding carboxylic acids is 1. The largest absolute Gasteiger partial charge is 0.347 e. The maximum Gasteiger partial charge on any atom is 0.244 e. The van der Waals surface area contributed by atoms with E-state index < -0.39 is 16.1 Å². The number of aryl methyl sites for hydroxylation is 1. The van der Waals surface area contributed by atoms with E-state index in [9.17, 15) is 13.2 Å². The average Bonchev–Trinajstić information content (AvgIpc) is 2.64. The number of sulfonamides is 1. The number of carbonyl (C=O) groups is 1. The third-order valence-electron chi connectivity index (χ3n) is 4.54. The van der Waals surface area contributed by atoms with Crippen molar-refractivity contribution in [1.82, 2.24) is 5.32 Å². The summed E-state index contributed by atoms with van der Waals surface area (Å²) in [6.45, 7) is 5.83. The summed E-state index contributed by atoms with van der Waals surface area (Å²) < 4.78 is 26.1. The van der Waals surface area contributed by atoms with Gasteiger partial charge in [0.1, 0.15) is 6.04 Å². The number of para-hydroxylation sites is 1. The highest BCUT2D eigenvalue weighted by atomic mass is 32.2. The quantitative estimate of drug-likeness (QED) is 0.748. The molecule has 2 atom stereocenters. The number of anilines is 1. The summed E-state index contributed by atoms with van der Waals surface area (Å²) in [7, 11) is -3.61. The minimum Gasteiger partial charge on any atom is -0.347 e. The summed E-state index contributed by atoms with van der Waals surface area (Å²) in [5, 5.41) is 3.03. The number of rotatable bonds is 8. The average molecular weight is 389 g/mol. The van der Waals surface area contributed by atoms with Gasteiger partial charge in [-0.1, -0.05) is 61.9 Å². The molecule has 27 heavy (non-hydrogen) atoms. The Hall–Kier alpha value is -2.34. The fourth-order valence-electron chi connectivity index (χ4n) is 3.12. The lowest BCUT2D eigenvalue weighted by Gasteiger charge is -2.31. The van der Waals surface area contributed by atoms with Gasteiger partial charge in [0.15, 0.2) is 0 Å². The molecule has 0 saturated carbocycles. The Bertz CT molecular complexity index is 849. The zero-order valence-electron chi connectivity index (χ0n) is 16.3. The molecule has 0 aliphatic rings. The maximum atomic E-state index is 13.0. The van der Waals surface area contributed by atoms with Gasteiger partial charge in [0.25, 0.3) is 0 Å². The maximum absolute atomic E-state index is 13.0. The zero-order valence-corrected chi connectivity index (χ0v) is 17.2. The molecule has 0 saturated heterocycles. The van der Waals surface area contributed by atoms with E-state index in [1.54, 1.807) is 24.3 Å². The van der Waals surface area contributed by atoms with Gasteiger partial charge in [-0.2, -0.15) is 0 Å². The second-order valence-corrected chi connectivity index (χ2v) is 8.56. The summed E-state index contributed by atoms with van der Waals surface area (Å²) >= 11 is 0. The predicted molar refractivity (Wildman–Crippen MR) is 110 cm³/mol. The highest BCUT2D eigenvalue weighted by molar-refractivity contribution is 7.92. The SMILES string of the molecule is CC[C@H](NC(=O)[C@H](CC)N(c1ccccc1)S(C)(=O)=O)c1ccc(C)cc1. The molecule has 0 aliphatic carbocycles. The van der Waals surface area contributed by atoms with E-state index >= 15 is 0 Å². The van der Waals surface area contributed by atoms with Crippen molar-refractivity contribution in [2.24, 2.45) is 0 Å². The molecule has 6 heteroatoms. The first-order valence-electron chi connectivity index (χ1n) is 9.19. The third kappa shape index (κ3) is 5.32. The van der Waals surface area contributed by atoms with Crippen LogP contribution in [-0.4, -0.2) is 26.6 Å². The van der Waals surface area contributed by atoms with Crippen molar-refractivity contribution in [3.05, 3.63) is 65.7 Å². The Labute approximate surface area is 162 Å². The van der Waals surface area contributed by atoms with Crippen LogP contribution in [0, 0.1) is 6.92 Å². The molecule has 0 radical (unpaired) electrons. The first kappa shape index (κ1) is 21.0. The van der Waals surface area contributed by atoms with Gasteiger partial charge in [0.05, 0.1) is 18.0 Å². The number of amides is 1. The lowest BCUT2D eigenvalue weighted by Crippen LogP contribution is -2.50. The first-order valence-corrected chi connectivity index (χ1v) is 11.0. The van der Waals surface area contributed by atoms with E-state index in [-0.39, 0.29) is 11.9 Å². The topological polar surface area (TPSA) is 66.5 Å². The van der Waals surface area contributed by atoms with Gasteiger partial charge in [-0.3, -0.25) is 9.10 Å². The minimum absolute atomic E-state index is 0.163. The van der Waals surface area contributed by atoms with Crippen LogP contribution in [0.4, 0.5) is 5.69 Å². The van der Waals surface area contributed by atoms with Gasteiger partial charge >= 0.3 is 0 Å². The molecule has 1 N–H and O–H groups in total. The van der Waals surface area contributed by atoms with Crippen molar-refractivity contribution < 1.29 is 13.2 Å². The van der Waals surface area contributed by atoms with Crippen LogP contribution in [0.5, 0.6) is 0 Å². The zero-order chi connectivity index (χ0) is 20.0. The summed E-state index contributed by atoms with van der Waals surface area (Å²) in [6, 6.07) is 15.8. The molecule has 2 rings (SSSR count). The predicted octanol–water partition coefficient (Wildman–Crippen LogP) is 3.81. The monoisotopic (exact) mass is 388 g/mol. The second-order valence-electron chi connectivity index (χ2n) is 6.70. The number of nitrogens with one attached hydrogen (secondary N) is 1. The van der Waals surface area contributed by atoms with Gasteiger partial charge in [-0.25, -0.2) is 8.42 Å². The number of hydrogen-bond donors (Lipinski definition) is 1. The Kier molecular flexibility index (Phi) is 7.02. The summed E-state index contributed by atoms with van der Waals surface area (Å²) in [4.78, 5) is 13.0. The second kappa shape index (κ2) is 9.04. The van der Waals surface area contributed by atoms with E-state index in [0.29, 0.717) is 12.1 Å². The Balaban J connectivity index is 2.30. The molecule has 0 heterocycles. The Morgan fingerprint density at radius 3 is 2.07 bits per heavy atom. The molecule has 0 aliphatic heterocycles. The van der Waals surface area contributed by atoms with Crippen molar-refractivity contribution in [2.45, 2.75) is 45.7 Å². The number of nitrogens with zero attached hydrogens (tertiary/aromatic N) is 1. The number of hydrogen-bond acceptors (Lipinski definition) is 3. The van der Waals surface area contributed by atoms with Gasteiger partial charge in [0.2, 0.25) is 15.9 Å². The molecule has 0 aromatic heterocycles. The van der Waals surface area contributed by atoms with Crippen molar-refractivity contribution in [2.75, 3.05) is 10.6 Å². The Morgan fingerprint density at radius 2 is 1.59 bits per heavy atom. The van der Waals surface area contributed by atoms with E-state index in [1.165, 1.54) is 4.31 Å². The minimum atomic E-state index is -3.61. The lowest BCUT2D eigenvalue weighted by molar-refractivity contribution is -0.123. The van der Waals surface area contributed by atoms with Crippen molar-refractivity contribution >= 4 is 21.6 Å². The van der Waals surface area contributed by atoms with Crippen LogP contribution in [0.2, 0.25) is 0 Å². The van der Waals surface area contributed by atoms with Gasteiger partial charge in [0, 0.05) is 0 Å². The molecule has 1 amide bonds. The van der Waals surface area contributed by atoms with Crippen molar-refractivity contribution in [1.29, 1.82) is 0 Å². The van der Waals surface area contributed by atoms with Gasteiger partial charge in [-0.15, -0.1) is 0 Å². The fraction of sp³-hybridized carbons (Fsp3) is 0.381. The molecular weight excluding hydrogens is 360 g/mol. The van der Waals surface area contributed by atoms with Crippen molar-refractivity contribution in [3.8, 4) is 0 Å². The summed E-state index contributed by atoms with van der Waals surface area (Å²) in [6.07, 6.45) is 2.22. The number of benzene rings is 2. The standard InChI is InChI=1S/C21H28N2O3S/c1-5-19(17-14-12-16(3)13-15-17)22-21(24)20(6-2)23(27(4,25)26)18-10-8-7-9-11-18/h7-15,19-20H,5-6H2,1-4H3,(H,22,24)/t19-,20-/m0/s1. The van der Waals surface area contributed by atoms with E-state index in [4.69, 9.17) is 0 Å². The smallest absolute Gasteiger partial charge is 0.244 e. The van der Waals surface area contributed by atoms with Crippen LogP contribution < -0.4 is 9.62 Å². The molecule has 146 valence electrons. The molecule has 5 nitrogen and oxygen atoms in total. The highest BCUT2D eigenvalue weighted by Crippen LogP contribution is 2.23. The molecule has 0 unspecified atom stereocenters. The Morgan fingerprint density at radius 1 is 1.00 bits per heavy atom. The molecule has 0 bridgehead atoms. The third-order valence-corrected chi connectivity index (χ3v) is 5.72. The van der Waals surface area contributed by atoms with Crippen LogP contribution in [0.3, 0.4) is 0 Å². The van der Waals surface area contributed by atoms with Crippen molar-refractivity contribution in [3.63, 3.8) is 0 Å². The molecular formula is C21H28N2O3S. The van der Waals surface area contributed by atoms with Gasteiger partial charge in [-0.05, 0) is 37.5 Å². The summed E-state index contributed by atoms with van der Waals surface area (Å²) in [5.41, 5.74) is 2.65. The van der Waals surface area contributed by atoms with Crippen LogP contribution in [0.15, 0.2) is 54.6 Å². The van der Waals surface area contributed by atoms with Crippen LogP contribution >= 0.6 is 0 Å². The molecule has 0 spiro atoms. The van der Waals surface area contributed by atoms with Crippen LogP contribution in [0.1, 0.15) is 43.9 Å². The first-order chi connectivity index (χ1) is 12.8. The van der Waals surface area contributed by atoms with E-state index in [2.05, 4.69) is 5.32 Å². The summed E-state index contributed by atoms with van der Waals surface area (Å²) in [5.74, 6) is -0.292. The van der Waals surface area contributed by atoms with E-state index in [0.717, 1.165) is 23.8 Å². The molecule has 0 fully saturated rings. The molecule has 2 aromatic carbocycles. The highest BCUT2D eigenvalue weighted by Gasteiger charge is 2.32. The van der Waals surface area contributed by atoms with Crippen LogP contribution in [-0.2, 0) is 14.8 Å². The normalized spacial score (nSPS) is 13.6.